The first kappa shape index (κ1) is 13.9. The molecule has 0 radical (unpaired) electrons. The van der Waals surface area contributed by atoms with Crippen molar-refractivity contribution in [2.75, 3.05) is 5.32 Å². The standard InChI is InChI=1S/C17H15N3O2/c1-19-17(22)15(18-12-21)16(13-8-4-2-5-9-13)20(19)14-10-6-3-7-11-14/h2-12H,1H3,(H,18,21). The molecular formula is C17H15N3O2. The molecule has 0 saturated carbocycles. The van der Waals surface area contributed by atoms with Gasteiger partial charge in [0.25, 0.3) is 5.56 Å². The lowest BCUT2D eigenvalue weighted by Crippen LogP contribution is -2.19. The number of hydrogen-bond acceptors (Lipinski definition) is 2. The number of rotatable bonds is 4. The van der Waals surface area contributed by atoms with Crippen molar-refractivity contribution in [3.05, 3.63) is 71.0 Å². The summed E-state index contributed by atoms with van der Waals surface area (Å²) in [5.41, 5.74) is 2.38. The van der Waals surface area contributed by atoms with E-state index in [0.717, 1.165) is 11.3 Å². The maximum absolute atomic E-state index is 12.5. The summed E-state index contributed by atoms with van der Waals surface area (Å²) in [5.74, 6) is 0. The van der Waals surface area contributed by atoms with Gasteiger partial charge in [0.05, 0.1) is 11.4 Å². The Bertz CT molecular complexity index is 849. The smallest absolute Gasteiger partial charge is 0.291 e. The number of amides is 1. The van der Waals surface area contributed by atoms with Crippen molar-refractivity contribution in [2.45, 2.75) is 0 Å². The van der Waals surface area contributed by atoms with Crippen molar-refractivity contribution in [3.63, 3.8) is 0 Å². The minimum absolute atomic E-state index is 0.255. The SMILES string of the molecule is Cn1c(=O)c(NC=O)c(-c2ccccc2)n1-c1ccccc1. The maximum atomic E-state index is 12.5. The highest BCUT2D eigenvalue weighted by Gasteiger charge is 2.20. The molecule has 3 rings (SSSR count). The quantitative estimate of drug-likeness (QED) is 0.751. The van der Waals surface area contributed by atoms with Gasteiger partial charge in [0.1, 0.15) is 5.69 Å². The van der Waals surface area contributed by atoms with Crippen LogP contribution in [0.25, 0.3) is 16.9 Å². The third kappa shape index (κ3) is 2.22. The number of anilines is 1. The van der Waals surface area contributed by atoms with Crippen LogP contribution >= 0.6 is 0 Å². The minimum atomic E-state index is -0.255. The van der Waals surface area contributed by atoms with Crippen LogP contribution in [-0.4, -0.2) is 15.8 Å². The van der Waals surface area contributed by atoms with E-state index in [0.29, 0.717) is 12.1 Å². The second-order valence-electron chi connectivity index (χ2n) is 4.83. The fourth-order valence-electron chi connectivity index (χ4n) is 2.53. The van der Waals surface area contributed by atoms with Crippen molar-refractivity contribution in [3.8, 4) is 16.9 Å². The topological polar surface area (TPSA) is 56.0 Å². The number of aromatic nitrogens is 2. The molecule has 0 aliphatic rings. The van der Waals surface area contributed by atoms with Crippen LogP contribution in [0.15, 0.2) is 65.5 Å². The molecule has 0 atom stereocenters. The lowest BCUT2D eigenvalue weighted by atomic mass is 10.1. The van der Waals surface area contributed by atoms with Crippen LogP contribution < -0.4 is 10.9 Å². The molecule has 110 valence electrons. The van der Waals surface area contributed by atoms with Crippen molar-refractivity contribution in [2.24, 2.45) is 7.05 Å². The van der Waals surface area contributed by atoms with E-state index in [-0.39, 0.29) is 11.2 Å². The van der Waals surface area contributed by atoms with Crippen LogP contribution in [0.3, 0.4) is 0 Å². The number of benzene rings is 2. The second kappa shape index (κ2) is 5.73. The van der Waals surface area contributed by atoms with Crippen molar-refractivity contribution in [1.29, 1.82) is 0 Å². The van der Waals surface area contributed by atoms with Gasteiger partial charge < -0.3 is 5.32 Å². The third-order valence-electron chi connectivity index (χ3n) is 3.51. The van der Waals surface area contributed by atoms with E-state index < -0.39 is 0 Å². The highest BCUT2D eigenvalue weighted by molar-refractivity contribution is 5.83. The van der Waals surface area contributed by atoms with Crippen molar-refractivity contribution < 1.29 is 4.79 Å². The van der Waals surface area contributed by atoms with Crippen molar-refractivity contribution >= 4 is 12.1 Å². The van der Waals surface area contributed by atoms with Crippen LogP contribution in [0.4, 0.5) is 5.69 Å². The van der Waals surface area contributed by atoms with E-state index in [1.165, 1.54) is 4.68 Å². The van der Waals surface area contributed by atoms with E-state index in [2.05, 4.69) is 5.32 Å². The Kier molecular flexibility index (Phi) is 3.62. The monoisotopic (exact) mass is 293 g/mol. The van der Waals surface area contributed by atoms with Gasteiger partial charge in [-0.25, -0.2) is 9.36 Å². The summed E-state index contributed by atoms with van der Waals surface area (Å²) in [7, 11) is 1.68. The van der Waals surface area contributed by atoms with Gasteiger partial charge in [-0.3, -0.25) is 9.59 Å². The molecule has 5 nitrogen and oxygen atoms in total. The van der Waals surface area contributed by atoms with Crippen LogP contribution in [0, 0.1) is 0 Å². The van der Waals surface area contributed by atoms with E-state index in [4.69, 9.17) is 0 Å². The Labute approximate surface area is 127 Å². The van der Waals surface area contributed by atoms with Gasteiger partial charge in [-0.05, 0) is 12.1 Å². The molecule has 3 aromatic rings. The van der Waals surface area contributed by atoms with Crippen LogP contribution in [0.1, 0.15) is 0 Å². The molecular weight excluding hydrogens is 278 g/mol. The normalized spacial score (nSPS) is 10.4. The largest absolute Gasteiger partial charge is 0.322 e. The lowest BCUT2D eigenvalue weighted by Gasteiger charge is -2.12. The number of hydrogen-bond donors (Lipinski definition) is 1. The van der Waals surface area contributed by atoms with Gasteiger partial charge in [0, 0.05) is 12.6 Å². The Morgan fingerprint density at radius 1 is 0.955 bits per heavy atom. The number of carbonyl (C=O) groups is 1. The lowest BCUT2D eigenvalue weighted by molar-refractivity contribution is -0.105. The van der Waals surface area contributed by atoms with Gasteiger partial charge >= 0.3 is 0 Å². The first-order valence-corrected chi connectivity index (χ1v) is 6.87. The highest BCUT2D eigenvalue weighted by Crippen LogP contribution is 2.28. The summed E-state index contributed by atoms with van der Waals surface area (Å²) in [4.78, 5) is 23.4. The molecule has 0 saturated heterocycles. The molecule has 2 aromatic carbocycles. The zero-order valence-corrected chi connectivity index (χ0v) is 12.1. The Morgan fingerprint density at radius 2 is 1.55 bits per heavy atom. The molecule has 1 N–H and O–H groups in total. The second-order valence-corrected chi connectivity index (χ2v) is 4.83. The fraction of sp³-hybridized carbons (Fsp3) is 0.0588. The third-order valence-corrected chi connectivity index (χ3v) is 3.51. The Hall–Kier alpha value is -3.08. The summed E-state index contributed by atoms with van der Waals surface area (Å²) in [5, 5.41) is 2.54. The molecule has 0 aliphatic carbocycles. The highest BCUT2D eigenvalue weighted by atomic mass is 16.1. The Morgan fingerprint density at radius 3 is 2.14 bits per heavy atom. The zero-order valence-electron chi connectivity index (χ0n) is 12.1. The van der Waals surface area contributed by atoms with Crippen LogP contribution in [-0.2, 0) is 11.8 Å². The van der Waals surface area contributed by atoms with Gasteiger partial charge in [-0.15, -0.1) is 0 Å². The molecule has 1 aromatic heterocycles. The average molecular weight is 293 g/mol. The first-order valence-electron chi connectivity index (χ1n) is 6.87. The predicted octanol–water partition coefficient (Wildman–Crippen LogP) is 2.41. The van der Waals surface area contributed by atoms with Gasteiger partial charge in [-0.2, -0.15) is 0 Å². The molecule has 0 unspecified atom stereocenters. The van der Waals surface area contributed by atoms with Gasteiger partial charge in [-0.1, -0.05) is 48.5 Å². The molecule has 0 bridgehead atoms. The van der Waals surface area contributed by atoms with Gasteiger partial charge in [0.15, 0.2) is 0 Å². The number of nitrogens with one attached hydrogen (secondary N) is 1. The molecule has 5 heteroatoms. The number of nitrogens with zero attached hydrogens (tertiary/aromatic N) is 2. The van der Waals surface area contributed by atoms with Crippen LogP contribution in [0.5, 0.6) is 0 Å². The molecule has 1 amide bonds. The number of carbonyl (C=O) groups excluding carboxylic acids is 1. The predicted molar refractivity (Wildman–Crippen MR) is 86.1 cm³/mol. The van der Waals surface area contributed by atoms with Crippen molar-refractivity contribution in [1.82, 2.24) is 9.36 Å². The van der Waals surface area contributed by atoms with E-state index in [1.54, 1.807) is 11.7 Å². The van der Waals surface area contributed by atoms with Crippen LogP contribution in [0.2, 0.25) is 0 Å². The molecule has 0 fully saturated rings. The number of para-hydroxylation sites is 1. The summed E-state index contributed by atoms with van der Waals surface area (Å²) in [6.45, 7) is 0. The average Bonchev–Trinajstić information content (AvgIpc) is 2.82. The van der Waals surface area contributed by atoms with E-state index >= 15 is 0 Å². The summed E-state index contributed by atoms with van der Waals surface area (Å²) in [6, 6.07) is 19.1. The zero-order chi connectivity index (χ0) is 15.5. The molecule has 0 aliphatic heterocycles. The molecule has 1 heterocycles. The van der Waals surface area contributed by atoms with E-state index in [9.17, 15) is 9.59 Å². The van der Waals surface area contributed by atoms with E-state index in [1.807, 2.05) is 60.7 Å². The molecule has 0 spiro atoms. The maximum Gasteiger partial charge on any atom is 0.291 e. The fourth-order valence-corrected chi connectivity index (χ4v) is 2.53. The first-order chi connectivity index (χ1) is 10.7. The Balaban J connectivity index is 2.37. The summed E-state index contributed by atoms with van der Waals surface area (Å²) in [6.07, 6.45) is 0.526. The minimum Gasteiger partial charge on any atom is -0.322 e. The summed E-state index contributed by atoms with van der Waals surface area (Å²) >= 11 is 0. The van der Waals surface area contributed by atoms with Gasteiger partial charge in [0.2, 0.25) is 6.41 Å². The molecule has 22 heavy (non-hydrogen) atoms. The summed E-state index contributed by atoms with van der Waals surface area (Å²) < 4.78 is 3.28.